The summed E-state index contributed by atoms with van der Waals surface area (Å²) < 4.78 is 92.6. The van der Waals surface area contributed by atoms with Crippen molar-refractivity contribution >= 4 is 37.1 Å². The Morgan fingerprint density at radius 1 is 1.02 bits per heavy atom. The van der Waals surface area contributed by atoms with E-state index in [0.29, 0.717) is 29.5 Å². The molecule has 0 atom stereocenters. The lowest BCUT2D eigenvalue weighted by molar-refractivity contribution is 0.0783. The molecule has 2 aromatic carbocycles. The third kappa shape index (κ3) is 5.49. The smallest absolute Gasteiger partial charge is 0.243 e. The van der Waals surface area contributed by atoms with Crippen molar-refractivity contribution in [2.24, 2.45) is 10.6 Å². The van der Waals surface area contributed by atoms with Gasteiger partial charge in [-0.25, -0.2) is 50.1 Å². The Morgan fingerprint density at radius 3 is 2.32 bits per heavy atom. The lowest BCUT2D eigenvalue weighted by Gasteiger charge is -2.53. The quantitative estimate of drug-likeness (QED) is 0.262. The van der Waals surface area contributed by atoms with Crippen LogP contribution in [0.15, 0.2) is 47.5 Å². The Bertz CT molecular complexity index is 2030. The maximum absolute atomic E-state index is 16.2. The standard InChI is InChI=1S/C28H26F3N5O5S3/c1-27(2,37)25-36-22(17-5-3-4-15(20(17)30)16-6-7-18(29)24(21(16)31)44(32,40)41)23(42-25)19-8-9-33-26(35-19)34-14-10-28(11-14)12-43(38,39)13-28/h3-9,14,37H,10-13H2,1-2H3,(H2,32,40,41)(H,33,34,35). The van der Waals surface area contributed by atoms with Crippen molar-refractivity contribution in [3.8, 4) is 33.0 Å². The summed E-state index contributed by atoms with van der Waals surface area (Å²) in [5.74, 6) is -3.30. The van der Waals surface area contributed by atoms with E-state index in [1.54, 1.807) is 6.07 Å². The van der Waals surface area contributed by atoms with Crippen LogP contribution in [0.5, 0.6) is 0 Å². The average Bonchev–Trinajstić information content (AvgIpc) is 3.33. The molecule has 1 aliphatic heterocycles. The molecular weight excluding hydrogens is 640 g/mol. The van der Waals surface area contributed by atoms with Gasteiger partial charge in [0, 0.05) is 34.3 Å². The van der Waals surface area contributed by atoms with Crippen LogP contribution in [0.2, 0.25) is 0 Å². The summed E-state index contributed by atoms with van der Waals surface area (Å²) in [6.45, 7) is 3.02. The van der Waals surface area contributed by atoms with Crippen LogP contribution in [-0.4, -0.2) is 54.4 Å². The second kappa shape index (κ2) is 10.3. The van der Waals surface area contributed by atoms with Crippen LogP contribution >= 0.6 is 11.3 Å². The van der Waals surface area contributed by atoms with Gasteiger partial charge in [0.2, 0.25) is 16.0 Å². The third-order valence-electron chi connectivity index (χ3n) is 7.66. The van der Waals surface area contributed by atoms with Crippen molar-refractivity contribution in [1.82, 2.24) is 15.0 Å². The number of nitrogens with two attached hydrogens (primary N) is 1. The van der Waals surface area contributed by atoms with Crippen LogP contribution in [0.4, 0.5) is 19.1 Å². The van der Waals surface area contributed by atoms with E-state index in [1.807, 2.05) is 0 Å². The fourth-order valence-electron chi connectivity index (χ4n) is 5.81. The monoisotopic (exact) mass is 665 g/mol. The van der Waals surface area contributed by atoms with E-state index in [2.05, 4.69) is 20.3 Å². The van der Waals surface area contributed by atoms with E-state index >= 15 is 8.78 Å². The zero-order valence-corrected chi connectivity index (χ0v) is 25.8. The minimum atomic E-state index is -4.80. The zero-order chi connectivity index (χ0) is 31.8. The largest absolute Gasteiger partial charge is 0.383 e. The predicted octanol–water partition coefficient (Wildman–Crippen LogP) is 4.22. The maximum Gasteiger partial charge on any atom is 0.243 e. The van der Waals surface area contributed by atoms with Crippen molar-refractivity contribution in [2.75, 3.05) is 16.8 Å². The number of halogens is 3. The highest BCUT2D eigenvalue weighted by molar-refractivity contribution is 7.92. The molecule has 16 heteroatoms. The molecule has 1 aliphatic carbocycles. The lowest BCUT2D eigenvalue weighted by atomic mass is 9.67. The number of primary sulfonamides is 1. The molecule has 4 N–H and O–H groups in total. The number of rotatable bonds is 7. The number of hydrogen-bond donors (Lipinski definition) is 3. The van der Waals surface area contributed by atoms with Gasteiger partial charge in [0.05, 0.1) is 27.8 Å². The average molecular weight is 666 g/mol. The van der Waals surface area contributed by atoms with Gasteiger partial charge in [-0.3, -0.25) is 0 Å². The molecule has 44 heavy (non-hydrogen) atoms. The minimum Gasteiger partial charge on any atom is -0.383 e. The van der Waals surface area contributed by atoms with Crippen molar-refractivity contribution in [3.05, 3.63) is 65.1 Å². The van der Waals surface area contributed by atoms with E-state index in [4.69, 9.17) is 5.14 Å². The molecule has 4 aromatic rings. The first kappa shape index (κ1) is 30.6. The summed E-state index contributed by atoms with van der Waals surface area (Å²) in [5, 5.41) is 19.2. The molecule has 0 amide bonds. The molecule has 0 unspecified atom stereocenters. The van der Waals surface area contributed by atoms with Crippen LogP contribution in [-0.2, 0) is 25.5 Å². The van der Waals surface area contributed by atoms with E-state index < -0.39 is 53.4 Å². The first-order valence-corrected chi connectivity index (χ1v) is 17.5. The van der Waals surface area contributed by atoms with Gasteiger partial charge >= 0.3 is 0 Å². The number of nitrogens with one attached hydrogen (secondary N) is 1. The van der Waals surface area contributed by atoms with Gasteiger partial charge in [-0.2, -0.15) is 0 Å². The van der Waals surface area contributed by atoms with E-state index in [1.165, 1.54) is 38.2 Å². The summed E-state index contributed by atoms with van der Waals surface area (Å²) in [4.78, 5) is 12.3. The number of aromatic nitrogens is 3. The molecule has 232 valence electrons. The second-order valence-corrected chi connectivity index (χ2v) is 16.3. The number of thiazole rings is 1. The van der Waals surface area contributed by atoms with Gasteiger partial charge < -0.3 is 10.4 Å². The van der Waals surface area contributed by atoms with Crippen LogP contribution < -0.4 is 10.5 Å². The molecule has 1 spiro atoms. The topological polar surface area (TPSA) is 165 Å². The van der Waals surface area contributed by atoms with E-state index in [9.17, 15) is 26.3 Å². The number of sulfone groups is 1. The fourth-order valence-corrected chi connectivity index (χ4v) is 9.82. The number of anilines is 1. The number of aliphatic hydroxyl groups is 1. The third-order valence-corrected chi connectivity index (χ3v) is 12.1. The predicted molar refractivity (Wildman–Crippen MR) is 158 cm³/mol. The van der Waals surface area contributed by atoms with Crippen LogP contribution in [0.25, 0.3) is 33.0 Å². The van der Waals surface area contributed by atoms with Gasteiger partial charge in [-0.15, -0.1) is 11.3 Å². The highest BCUT2D eigenvalue weighted by atomic mass is 32.2. The lowest BCUT2D eigenvalue weighted by Crippen LogP contribution is -2.60. The zero-order valence-electron chi connectivity index (χ0n) is 23.3. The molecule has 1 saturated carbocycles. The van der Waals surface area contributed by atoms with Gasteiger partial charge in [-0.1, -0.05) is 12.1 Å². The molecule has 6 rings (SSSR count). The van der Waals surface area contributed by atoms with Crippen LogP contribution in [0, 0.1) is 22.9 Å². The normalized spacial score (nSPS) is 17.7. The number of benzene rings is 2. The SMILES string of the molecule is CC(C)(O)c1nc(-c2cccc(-c3ccc(F)c(S(N)(=O)=O)c3F)c2F)c(-c2ccnc(NC3CC4(C3)CS(=O)(=O)C4)n2)s1. The van der Waals surface area contributed by atoms with Crippen LogP contribution in [0.1, 0.15) is 31.7 Å². The summed E-state index contributed by atoms with van der Waals surface area (Å²) in [6.07, 6.45) is 2.83. The van der Waals surface area contributed by atoms with Crippen LogP contribution in [0.3, 0.4) is 0 Å². The molecule has 2 aliphatic rings. The second-order valence-electron chi connectivity index (χ2n) is 11.8. The Morgan fingerprint density at radius 2 is 1.68 bits per heavy atom. The molecule has 3 heterocycles. The number of sulfonamides is 1. The molecule has 1 saturated heterocycles. The number of hydrogen-bond acceptors (Lipinski definition) is 10. The Kier molecular flexibility index (Phi) is 7.16. The Hall–Kier alpha value is -3.44. The highest BCUT2D eigenvalue weighted by Crippen LogP contribution is 2.50. The summed E-state index contributed by atoms with van der Waals surface area (Å²) in [7, 11) is -7.76. The first-order chi connectivity index (χ1) is 20.5. The molecule has 10 nitrogen and oxygen atoms in total. The van der Waals surface area contributed by atoms with Crippen molar-refractivity contribution in [3.63, 3.8) is 0 Å². The molecule has 2 fully saturated rings. The van der Waals surface area contributed by atoms with Gasteiger partial charge in [0.25, 0.3) is 0 Å². The van der Waals surface area contributed by atoms with E-state index in [0.717, 1.165) is 17.4 Å². The van der Waals surface area contributed by atoms with Gasteiger partial charge in [0.15, 0.2) is 20.5 Å². The summed E-state index contributed by atoms with van der Waals surface area (Å²) in [6, 6.07) is 7.16. The summed E-state index contributed by atoms with van der Waals surface area (Å²) in [5.41, 5.74) is -2.19. The molecular formula is C28H26F3N5O5S3. The maximum atomic E-state index is 16.2. The Balaban J connectivity index is 1.39. The highest BCUT2D eigenvalue weighted by Gasteiger charge is 2.56. The van der Waals surface area contributed by atoms with Gasteiger partial charge in [0.1, 0.15) is 22.2 Å². The minimum absolute atomic E-state index is 0.0180. The molecule has 2 aromatic heterocycles. The first-order valence-electron chi connectivity index (χ1n) is 13.3. The van der Waals surface area contributed by atoms with Crippen molar-refractivity contribution in [2.45, 2.75) is 43.2 Å². The summed E-state index contributed by atoms with van der Waals surface area (Å²) >= 11 is 1.06. The number of nitrogens with zero attached hydrogens (tertiary/aromatic N) is 3. The Labute approximate surface area is 255 Å². The molecule has 0 bridgehead atoms. The molecule has 0 radical (unpaired) electrons. The van der Waals surface area contributed by atoms with Crippen molar-refractivity contribution < 1.29 is 35.1 Å². The fraction of sp³-hybridized carbons (Fsp3) is 0.321. The van der Waals surface area contributed by atoms with E-state index in [-0.39, 0.29) is 50.7 Å². The van der Waals surface area contributed by atoms with Crippen molar-refractivity contribution in [1.29, 1.82) is 0 Å². The van der Waals surface area contributed by atoms with Gasteiger partial charge in [-0.05, 0) is 51.0 Å².